The minimum absolute atomic E-state index is 0.0536. The number of benzene rings is 2. The van der Waals surface area contributed by atoms with Gasteiger partial charge in [-0.15, -0.1) is 6.58 Å². The zero-order chi connectivity index (χ0) is 16.7. The van der Waals surface area contributed by atoms with Crippen LogP contribution in [0.25, 0.3) is 0 Å². The molecule has 23 heavy (non-hydrogen) atoms. The first-order valence-electron chi connectivity index (χ1n) is 7.55. The summed E-state index contributed by atoms with van der Waals surface area (Å²) in [7, 11) is 0. The van der Waals surface area contributed by atoms with Crippen molar-refractivity contribution in [3.05, 3.63) is 83.4 Å². The number of nitriles is 1. The van der Waals surface area contributed by atoms with Crippen molar-refractivity contribution in [3.8, 4) is 6.07 Å². The van der Waals surface area contributed by atoms with Gasteiger partial charge in [0.1, 0.15) is 0 Å². The second kappa shape index (κ2) is 7.95. The summed E-state index contributed by atoms with van der Waals surface area (Å²) in [5.41, 5.74) is 3.71. The maximum absolute atomic E-state index is 12.6. The van der Waals surface area contributed by atoms with E-state index < -0.39 is 0 Å². The van der Waals surface area contributed by atoms with Crippen molar-refractivity contribution in [2.24, 2.45) is 0 Å². The smallest absolute Gasteiger partial charge is 0.227 e. The molecule has 0 saturated carbocycles. The molecule has 1 amide bonds. The SMILES string of the molecule is C=CCN(Cc1cccc(C#N)c1)C(=O)Cc1cccc(C)c1. The largest absolute Gasteiger partial charge is 0.334 e. The first-order chi connectivity index (χ1) is 11.1. The Hall–Kier alpha value is -2.86. The van der Waals surface area contributed by atoms with E-state index in [1.165, 1.54) is 0 Å². The lowest BCUT2D eigenvalue weighted by Gasteiger charge is -2.21. The van der Waals surface area contributed by atoms with Crippen molar-refractivity contribution in [1.82, 2.24) is 4.90 Å². The zero-order valence-corrected chi connectivity index (χ0v) is 13.3. The Labute approximate surface area is 137 Å². The van der Waals surface area contributed by atoms with E-state index in [0.29, 0.717) is 25.1 Å². The van der Waals surface area contributed by atoms with Crippen molar-refractivity contribution < 1.29 is 4.79 Å². The van der Waals surface area contributed by atoms with E-state index >= 15 is 0 Å². The molecule has 0 N–H and O–H groups in total. The van der Waals surface area contributed by atoms with Crippen LogP contribution in [0.3, 0.4) is 0 Å². The fraction of sp³-hybridized carbons (Fsp3) is 0.200. The van der Waals surface area contributed by atoms with Gasteiger partial charge in [-0.25, -0.2) is 0 Å². The summed E-state index contributed by atoms with van der Waals surface area (Å²) in [5, 5.41) is 8.98. The van der Waals surface area contributed by atoms with E-state index in [0.717, 1.165) is 16.7 Å². The van der Waals surface area contributed by atoms with E-state index in [4.69, 9.17) is 5.26 Å². The molecule has 0 aromatic heterocycles. The van der Waals surface area contributed by atoms with Gasteiger partial charge >= 0.3 is 0 Å². The number of hydrogen-bond acceptors (Lipinski definition) is 2. The predicted molar refractivity (Wildman–Crippen MR) is 91.7 cm³/mol. The molecule has 0 radical (unpaired) electrons. The number of amides is 1. The molecule has 0 aliphatic heterocycles. The van der Waals surface area contributed by atoms with Crippen LogP contribution in [-0.2, 0) is 17.8 Å². The predicted octanol–water partition coefficient (Wildman–Crippen LogP) is 3.62. The van der Waals surface area contributed by atoms with Crippen LogP contribution in [0, 0.1) is 18.3 Å². The summed E-state index contributed by atoms with van der Waals surface area (Å²) in [6.45, 7) is 6.72. The fourth-order valence-corrected chi connectivity index (χ4v) is 2.48. The van der Waals surface area contributed by atoms with Gasteiger partial charge in [-0.1, -0.05) is 48.0 Å². The van der Waals surface area contributed by atoms with Crippen molar-refractivity contribution in [2.45, 2.75) is 19.9 Å². The van der Waals surface area contributed by atoms with Crippen LogP contribution in [-0.4, -0.2) is 17.4 Å². The Bertz CT molecular complexity index is 743. The molecule has 3 heteroatoms. The Kier molecular flexibility index (Phi) is 5.71. The molecule has 0 atom stereocenters. The molecule has 0 aliphatic carbocycles. The molecule has 0 aliphatic rings. The van der Waals surface area contributed by atoms with Crippen LogP contribution in [0.1, 0.15) is 22.3 Å². The number of carbonyl (C=O) groups is 1. The number of rotatable bonds is 6. The molecule has 2 rings (SSSR count). The number of carbonyl (C=O) groups excluding carboxylic acids is 1. The van der Waals surface area contributed by atoms with E-state index in [9.17, 15) is 4.79 Å². The molecule has 0 fully saturated rings. The average Bonchev–Trinajstić information content (AvgIpc) is 2.54. The number of aryl methyl sites for hydroxylation is 1. The second-order valence-corrected chi connectivity index (χ2v) is 5.54. The first kappa shape index (κ1) is 16.5. The third-order valence-electron chi connectivity index (χ3n) is 3.57. The van der Waals surface area contributed by atoms with Crippen molar-refractivity contribution in [2.75, 3.05) is 6.54 Å². The number of nitrogens with zero attached hydrogens (tertiary/aromatic N) is 2. The summed E-state index contributed by atoms with van der Waals surface area (Å²) in [6.07, 6.45) is 2.09. The Morgan fingerprint density at radius 1 is 1.22 bits per heavy atom. The van der Waals surface area contributed by atoms with E-state index in [-0.39, 0.29) is 5.91 Å². The molecule has 0 heterocycles. The standard InChI is InChI=1S/C20H20N2O/c1-3-10-22(15-19-9-5-8-18(12-19)14-21)20(23)13-17-7-4-6-16(2)11-17/h3-9,11-12H,1,10,13,15H2,2H3. The van der Waals surface area contributed by atoms with E-state index in [2.05, 4.69) is 12.6 Å². The quantitative estimate of drug-likeness (QED) is 0.765. The highest BCUT2D eigenvalue weighted by atomic mass is 16.2. The third kappa shape index (κ3) is 4.82. The topological polar surface area (TPSA) is 44.1 Å². The third-order valence-corrected chi connectivity index (χ3v) is 3.57. The molecular formula is C20H20N2O. The molecule has 116 valence electrons. The molecule has 0 saturated heterocycles. The fourth-order valence-electron chi connectivity index (χ4n) is 2.48. The highest BCUT2D eigenvalue weighted by Crippen LogP contribution is 2.11. The lowest BCUT2D eigenvalue weighted by Crippen LogP contribution is -2.32. The molecule has 0 unspecified atom stereocenters. The Morgan fingerprint density at radius 3 is 2.65 bits per heavy atom. The summed E-state index contributed by atoms with van der Waals surface area (Å²) in [6, 6.07) is 17.4. The molecule has 0 bridgehead atoms. The van der Waals surface area contributed by atoms with Gasteiger partial charge < -0.3 is 4.90 Å². The highest BCUT2D eigenvalue weighted by Gasteiger charge is 2.13. The van der Waals surface area contributed by atoms with Crippen LogP contribution in [0.4, 0.5) is 0 Å². The lowest BCUT2D eigenvalue weighted by atomic mass is 10.1. The molecule has 0 spiro atoms. The monoisotopic (exact) mass is 304 g/mol. The van der Waals surface area contributed by atoms with Gasteiger partial charge in [-0.3, -0.25) is 4.79 Å². The van der Waals surface area contributed by atoms with Crippen molar-refractivity contribution in [3.63, 3.8) is 0 Å². The van der Waals surface area contributed by atoms with Gasteiger partial charge in [0.2, 0.25) is 5.91 Å². The van der Waals surface area contributed by atoms with Crippen LogP contribution >= 0.6 is 0 Å². The Morgan fingerprint density at radius 2 is 1.96 bits per heavy atom. The maximum Gasteiger partial charge on any atom is 0.227 e. The lowest BCUT2D eigenvalue weighted by molar-refractivity contribution is -0.130. The number of hydrogen-bond donors (Lipinski definition) is 0. The molecular weight excluding hydrogens is 284 g/mol. The molecule has 2 aromatic carbocycles. The minimum atomic E-state index is 0.0536. The zero-order valence-electron chi connectivity index (χ0n) is 13.3. The summed E-state index contributed by atoms with van der Waals surface area (Å²) < 4.78 is 0. The summed E-state index contributed by atoms with van der Waals surface area (Å²) in [5.74, 6) is 0.0536. The summed E-state index contributed by atoms with van der Waals surface area (Å²) in [4.78, 5) is 14.3. The van der Waals surface area contributed by atoms with Gasteiger partial charge in [-0.05, 0) is 30.2 Å². The Balaban J connectivity index is 2.12. The van der Waals surface area contributed by atoms with Crippen molar-refractivity contribution in [1.29, 1.82) is 5.26 Å². The van der Waals surface area contributed by atoms with E-state index in [1.807, 2.05) is 49.4 Å². The van der Waals surface area contributed by atoms with Gasteiger partial charge in [0.15, 0.2) is 0 Å². The van der Waals surface area contributed by atoms with Gasteiger partial charge in [0.25, 0.3) is 0 Å². The van der Waals surface area contributed by atoms with Gasteiger partial charge in [0.05, 0.1) is 18.1 Å². The molecule has 2 aromatic rings. The van der Waals surface area contributed by atoms with Gasteiger partial charge in [0, 0.05) is 13.1 Å². The van der Waals surface area contributed by atoms with Crippen LogP contribution in [0.5, 0.6) is 0 Å². The summed E-state index contributed by atoms with van der Waals surface area (Å²) >= 11 is 0. The second-order valence-electron chi connectivity index (χ2n) is 5.54. The average molecular weight is 304 g/mol. The van der Waals surface area contributed by atoms with Crippen molar-refractivity contribution >= 4 is 5.91 Å². The normalized spacial score (nSPS) is 9.91. The minimum Gasteiger partial charge on any atom is -0.334 e. The van der Waals surface area contributed by atoms with Crippen LogP contribution in [0.15, 0.2) is 61.2 Å². The maximum atomic E-state index is 12.6. The highest BCUT2D eigenvalue weighted by molar-refractivity contribution is 5.79. The van der Waals surface area contributed by atoms with E-state index in [1.54, 1.807) is 17.0 Å². The van der Waals surface area contributed by atoms with Crippen LogP contribution < -0.4 is 0 Å². The first-order valence-corrected chi connectivity index (χ1v) is 7.55. The van der Waals surface area contributed by atoms with Gasteiger partial charge in [-0.2, -0.15) is 5.26 Å². The van der Waals surface area contributed by atoms with Crippen LogP contribution in [0.2, 0.25) is 0 Å². The molecule has 3 nitrogen and oxygen atoms in total.